The summed E-state index contributed by atoms with van der Waals surface area (Å²) in [7, 11) is 1.56. The lowest BCUT2D eigenvalue weighted by atomic mass is 9.63. The highest BCUT2D eigenvalue weighted by molar-refractivity contribution is 9.10. The lowest BCUT2D eigenvalue weighted by Crippen LogP contribution is -2.49. The maximum atomic E-state index is 14.6. The number of ether oxygens (including phenoxy) is 1. The number of hydrogen-bond donors (Lipinski definition) is 1. The lowest BCUT2D eigenvalue weighted by molar-refractivity contribution is -0.122. The zero-order valence-corrected chi connectivity index (χ0v) is 23.7. The van der Waals surface area contributed by atoms with Gasteiger partial charge in [-0.25, -0.2) is 0 Å². The molecular formula is C32H23BrN2O4S. The molecule has 40 heavy (non-hydrogen) atoms. The van der Waals surface area contributed by atoms with Crippen LogP contribution in [0, 0.1) is 5.92 Å². The number of Topliss-reactive ketones (excluding diaryl/α,β-unsaturated/α-hetero) is 2. The summed E-state index contributed by atoms with van der Waals surface area (Å²) < 4.78 is 6.02. The molecule has 0 bridgehead atoms. The molecule has 0 radical (unpaired) electrons. The van der Waals surface area contributed by atoms with Crippen molar-refractivity contribution in [1.82, 2.24) is 4.90 Å². The van der Waals surface area contributed by atoms with Gasteiger partial charge >= 0.3 is 0 Å². The molecular weight excluding hydrogens is 588 g/mol. The van der Waals surface area contributed by atoms with E-state index in [4.69, 9.17) is 4.74 Å². The summed E-state index contributed by atoms with van der Waals surface area (Å²) in [6.07, 6.45) is 3.84. The van der Waals surface area contributed by atoms with Crippen LogP contribution in [0.25, 0.3) is 6.08 Å². The molecule has 0 unspecified atom stereocenters. The summed E-state index contributed by atoms with van der Waals surface area (Å²) in [4.78, 5) is 46.0. The molecule has 1 amide bonds. The Balaban J connectivity index is 1.52. The van der Waals surface area contributed by atoms with E-state index < -0.39 is 23.4 Å². The summed E-state index contributed by atoms with van der Waals surface area (Å²) in [5, 5.41) is 4.92. The van der Waals surface area contributed by atoms with Gasteiger partial charge in [-0.05, 0) is 74.4 Å². The number of ketones is 2. The van der Waals surface area contributed by atoms with Crippen LogP contribution in [0.4, 0.5) is 5.69 Å². The fourth-order valence-electron chi connectivity index (χ4n) is 6.73. The summed E-state index contributed by atoms with van der Waals surface area (Å²) in [5.74, 6) is -1.10. The van der Waals surface area contributed by atoms with Gasteiger partial charge in [-0.1, -0.05) is 48.5 Å². The van der Waals surface area contributed by atoms with Crippen LogP contribution in [0.3, 0.4) is 0 Å². The van der Waals surface area contributed by atoms with Crippen molar-refractivity contribution in [2.45, 2.75) is 17.5 Å². The maximum Gasteiger partial charge on any atom is 0.238 e. The smallest absolute Gasteiger partial charge is 0.238 e. The van der Waals surface area contributed by atoms with Gasteiger partial charge in [-0.3, -0.25) is 14.4 Å². The van der Waals surface area contributed by atoms with Crippen LogP contribution < -0.4 is 10.1 Å². The Morgan fingerprint density at radius 3 is 2.58 bits per heavy atom. The second-order valence-corrected chi connectivity index (χ2v) is 11.9. The van der Waals surface area contributed by atoms with Gasteiger partial charge in [0.15, 0.2) is 11.6 Å². The third-order valence-electron chi connectivity index (χ3n) is 8.32. The van der Waals surface area contributed by atoms with Crippen LogP contribution in [0.15, 0.2) is 94.9 Å². The SMILES string of the molecule is COc1ccc(C(=O)[C@@H]2[C@@H](C(=O)c3cccs3)[C@@]3(C(=O)Nc4ccccc43)[C@H]3c4ccccc4C=CN23)cc1Br. The highest BCUT2D eigenvalue weighted by Gasteiger charge is 2.70. The van der Waals surface area contributed by atoms with Crippen molar-refractivity contribution >= 4 is 56.5 Å². The Labute approximate surface area is 243 Å². The van der Waals surface area contributed by atoms with E-state index in [1.54, 1.807) is 31.4 Å². The van der Waals surface area contributed by atoms with Crippen molar-refractivity contribution in [3.63, 3.8) is 0 Å². The van der Waals surface area contributed by atoms with E-state index in [-0.39, 0.29) is 17.5 Å². The van der Waals surface area contributed by atoms with Gasteiger partial charge in [0.05, 0.1) is 28.4 Å². The van der Waals surface area contributed by atoms with Crippen molar-refractivity contribution in [2.24, 2.45) is 5.92 Å². The molecule has 198 valence electrons. The monoisotopic (exact) mass is 610 g/mol. The first kappa shape index (κ1) is 25.0. The quantitative estimate of drug-likeness (QED) is 0.261. The first-order valence-electron chi connectivity index (χ1n) is 12.9. The first-order chi connectivity index (χ1) is 19.5. The molecule has 0 aliphatic carbocycles. The Kier molecular flexibility index (Phi) is 5.80. The van der Waals surface area contributed by atoms with Crippen molar-refractivity contribution in [2.75, 3.05) is 12.4 Å². The van der Waals surface area contributed by atoms with Crippen molar-refractivity contribution in [1.29, 1.82) is 0 Å². The third-order valence-corrected chi connectivity index (χ3v) is 9.83. The maximum absolute atomic E-state index is 14.6. The number of methoxy groups -OCH3 is 1. The van der Waals surface area contributed by atoms with Crippen molar-refractivity contribution < 1.29 is 19.1 Å². The molecule has 1 aromatic heterocycles. The molecule has 4 heterocycles. The molecule has 1 spiro atoms. The van der Waals surface area contributed by atoms with Gasteiger partial charge in [-0.2, -0.15) is 0 Å². The Morgan fingerprint density at radius 1 is 1.00 bits per heavy atom. The number of nitrogens with zero attached hydrogens (tertiary/aromatic N) is 1. The predicted molar refractivity (Wildman–Crippen MR) is 158 cm³/mol. The molecule has 7 rings (SSSR count). The van der Waals surface area contributed by atoms with Crippen LogP contribution >= 0.6 is 27.3 Å². The van der Waals surface area contributed by atoms with Crippen molar-refractivity contribution in [3.8, 4) is 5.75 Å². The zero-order valence-electron chi connectivity index (χ0n) is 21.3. The summed E-state index contributed by atoms with van der Waals surface area (Å²) >= 11 is 4.83. The van der Waals surface area contributed by atoms with Gasteiger partial charge in [-0.15, -0.1) is 11.3 Å². The summed E-state index contributed by atoms with van der Waals surface area (Å²) in [6.45, 7) is 0. The van der Waals surface area contributed by atoms with Gasteiger partial charge in [0.25, 0.3) is 0 Å². The highest BCUT2D eigenvalue weighted by atomic mass is 79.9. The first-order valence-corrected chi connectivity index (χ1v) is 14.5. The molecule has 4 atom stereocenters. The number of para-hydroxylation sites is 1. The van der Waals surface area contributed by atoms with Gasteiger partial charge < -0.3 is 15.0 Å². The molecule has 1 fully saturated rings. The number of rotatable bonds is 5. The number of thiophene rings is 1. The highest BCUT2D eigenvalue weighted by Crippen LogP contribution is 2.62. The summed E-state index contributed by atoms with van der Waals surface area (Å²) in [5.41, 5.74) is 2.37. The molecule has 6 nitrogen and oxygen atoms in total. The minimum absolute atomic E-state index is 0.215. The Morgan fingerprint density at radius 2 is 1.80 bits per heavy atom. The van der Waals surface area contributed by atoms with E-state index in [1.165, 1.54) is 11.3 Å². The number of fused-ring (bicyclic) bond motifs is 6. The van der Waals surface area contributed by atoms with Crippen LogP contribution in [0.2, 0.25) is 0 Å². The fraction of sp³-hybridized carbons (Fsp3) is 0.156. The average Bonchev–Trinajstić information content (AvgIpc) is 3.69. The molecule has 3 aliphatic heterocycles. The molecule has 3 aromatic carbocycles. The Hall–Kier alpha value is -4.01. The number of carbonyl (C=O) groups is 3. The lowest BCUT2D eigenvalue weighted by Gasteiger charge is -2.38. The number of hydrogen-bond acceptors (Lipinski definition) is 6. The topological polar surface area (TPSA) is 75.7 Å². The van der Waals surface area contributed by atoms with Crippen molar-refractivity contribution in [3.05, 3.63) is 122 Å². The van der Waals surface area contributed by atoms with Crippen LogP contribution in [-0.4, -0.2) is 35.5 Å². The largest absolute Gasteiger partial charge is 0.496 e. The predicted octanol–water partition coefficient (Wildman–Crippen LogP) is 6.50. The average molecular weight is 612 g/mol. The molecule has 8 heteroatoms. The van der Waals surface area contributed by atoms with E-state index in [2.05, 4.69) is 21.2 Å². The van der Waals surface area contributed by atoms with E-state index in [1.807, 2.05) is 77.2 Å². The number of nitrogens with one attached hydrogen (secondary N) is 1. The van der Waals surface area contributed by atoms with Crippen LogP contribution in [0.5, 0.6) is 5.75 Å². The second kappa shape index (κ2) is 9.28. The second-order valence-electron chi connectivity index (χ2n) is 10.1. The molecule has 0 saturated carbocycles. The zero-order chi connectivity index (χ0) is 27.6. The molecule has 1 saturated heterocycles. The normalized spacial score (nSPS) is 23.9. The van der Waals surface area contributed by atoms with Gasteiger partial charge in [0, 0.05) is 17.5 Å². The number of amides is 1. The van der Waals surface area contributed by atoms with Gasteiger partial charge in [0.1, 0.15) is 17.2 Å². The molecule has 3 aliphatic rings. The summed E-state index contributed by atoms with van der Waals surface area (Å²) in [6, 6.07) is 22.7. The van der Waals surface area contributed by atoms with E-state index in [0.717, 1.165) is 16.7 Å². The molecule has 4 aromatic rings. The van der Waals surface area contributed by atoms with E-state index in [9.17, 15) is 14.4 Å². The minimum atomic E-state index is -1.33. The number of anilines is 1. The fourth-order valence-corrected chi connectivity index (χ4v) is 7.97. The van der Waals surface area contributed by atoms with Gasteiger partial charge in [0.2, 0.25) is 5.91 Å². The van der Waals surface area contributed by atoms with Crippen LogP contribution in [0.1, 0.15) is 42.8 Å². The molecule has 1 N–H and O–H groups in total. The van der Waals surface area contributed by atoms with E-state index in [0.29, 0.717) is 26.4 Å². The minimum Gasteiger partial charge on any atom is -0.496 e. The third kappa shape index (κ3) is 3.36. The number of carbonyl (C=O) groups excluding carboxylic acids is 3. The standard InChI is InChI=1S/C32H23BrN2O4S/c1-39-24-13-12-19(17-22(24)33)28(36)27-26(29(37)25-11-6-16-40-25)32(21-9-4-5-10-23(21)34-31(32)38)30-20-8-3-2-7-18(20)14-15-35(27)30/h2-17,26-27,30H,1H3,(H,34,38)/t26-,27-,30+,32+/m0/s1. The van der Waals surface area contributed by atoms with E-state index >= 15 is 0 Å². The Bertz CT molecular complexity index is 1730. The number of halogens is 1. The van der Waals surface area contributed by atoms with Crippen LogP contribution in [-0.2, 0) is 10.2 Å². The number of benzene rings is 3.